The molecule has 0 radical (unpaired) electrons. The van der Waals surface area contributed by atoms with Gasteiger partial charge < -0.3 is 55.6 Å². The summed E-state index contributed by atoms with van der Waals surface area (Å²) in [6.45, 7) is 2.35. The first-order valence-electron chi connectivity index (χ1n) is 15.8. The lowest BCUT2D eigenvalue weighted by Crippen LogP contribution is -2.46. The molecule has 1 saturated heterocycles. The van der Waals surface area contributed by atoms with Gasteiger partial charge >= 0.3 is 29.4 Å². The number of nitrogens with one attached hydrogen (secondary N) is 2. The molecule has 2 aromatic rings. The van der Waals surface area contributed by atoms with Crippen LogP contribution in [0.5, 0.6) is 0 Å². The average molecular weight is 834 g/mol. The van der Waals surface area contributed by atoms with Crippen LogP contribution < -0.4 is 16.4 Å². The summed E-state index contributed by atoms with van der Waals surface area (Å²) in [7, 11) is -16.4. The number of ether oxygens (including phenoxy) is 2. The number of aliphatic hydroxyl groups is 2. The molecule has 2 unspecified atom stereocenters. The van der Waals surface area contributed by atoms with E-state index in [1.807, 2.05) is 0 Å². The van der Waals surface area contributed by atoms with Crippen LogP contribution in [0.15, 0.2) is 24.8 Å². The number of esters is 1. The van der Waals surface area contributed by atoms with Crippen LogP contribution in [0.25, 0.3) is 11.2 Å². The number of nitrogens with two attached hydrogens (primary N) is 1. The van der Waals surface area contributed by atoms with E-state index in [2.05, 4.69) is 34.4 Å². The second-order valence-electron chi connectivity index (χ2n) is 12.0. The Morgan fingerprint density at radius 1 is 1.07 bits per heavy atom. The average Bonchev–Trinajstić information content (AvgIpc) is 3.62. The fourth-order valence-corrected chi connectivity index (χ4v) is 7.43. The van der Waals surface area contributed by atoms with Crippen molar-refractivity contribution in [3.05, 3.63) is 24.8 Å². The highest BCUT2D eigenvalue weighted by molar-refractivity contribution is 7.61. The molecule has 2 aromatic heterocycles. The smallest absolute Gasteiger partial charge is 0.463 e. The summed E-state index contributed by atoms with van der Waals surface area (Å²) in [5.41, 5.74) is 4.25. The number of aliphatic hydroxyl groups excluding tert-OH is 2. The van der Waals surface area contributed by atoms with Crippen LogP contribution in [0.1, 0.15) is 39.8 Å². The molecule has 10 N–H and O–H groups in total. The van der Waals surface area contributed by atoms with Crippen molar-refractivity contribution >= 4 is 58.2 Å². The predicted molar refractivity (Wildman–Crippen MR) is 180 cm³/mol. The van der Waals surface area contributed by atoms with Gasteiger partial charge in [-0.05, 0) is 13.3 Å². The highest BCUT2D eigenvalue weighted by atomic mass is 31.3. The SMILES string of the molecule is CCOC(=O)C=CCCNC(=O)CCNC(=O)[C@H](O)C(C)(C)COP(=O)(O)OP(=O)(O)OC[C@H]1O[C@@H](n2cnc3c(N)ncnc32)[C@H](O)[C@@H]1OP(=O)(O)O. The Morgan fingerprint density at radius 2 is 1.76 bits per heavy atom. The molecule has 54 heavy (non-hydrogen) atoms. The van der Waals surface area contributed by atoms with Gasteiger partial charge in [-0.3, -0.25) is 27.7 Å². The molecule has 3 rings (SSSR count). The maximum absolute atomic E-state index is 12.6. The number of hydrogen-bond donors (Lipinski definition) is 9. The van der Waals surface area contributed by atoms with Crippen molar-refractivity contribution in [1.82, 2.24) is 30.2 Å². The standard InChI is InChI=1S/C26H42N7O18P3/c1-4-46-17(35)7-5-6-9-28-16(34)8-10-29-24(38)21(37)26(2,3)12-48-54(44,45)51-53(42,43)47-11-15-20(50-52(39,40)41)19(36)25(49-15)33-14-32-18-22(27)30-13-31-23(18)33/h5,7,13-15,19-21,25,36-37H,4,6,8-12H2,1-3H3,(H,28,34)(H,29,38)(H,42,43)(H,44,45)(H2,27,30,31)(H2,39,40,41)/t15-,19-,20-,21+,25-/m1/s1. The third-order valence-corrected chi connectivity index (χ3v) is 10.4. The number of amides is 2. The number of imidazole rings is 1. The van der Waals surface area contributed by atoms with Crippen LogP contribution >= 0.6 is 23.5 Å². The minimum absolute atomic E-state index is 0.0284. The first-order chi connectivity index (χ1) is 25.1. The fraction of sp³-hybridized carbons (Fsp3) is 0.615. The number of carbonyl (C=O) groups is 3. The number of rotatable bonds is 21. The van der Waals surface area contributed by atoms with Crippen LogP contribution in [-0.2, 0) is 55.4 Å². The van der Waals surface area contributed by atoms with Crippen molar-refractivity contribution in [2.75, 3.05) is 38.6 Å². The van der Waals surface area contributed by atoms with Gasteiger partial charge in [0.1, 0.15) is 36.3 Å². The molecule has 1 fully saturated rings. The van der Waals surface area contributed by atoms with E-state index in [9.17, 15) is 57.9 Å². The summed E-state index contributed by atoms with van der Waals surface area (Å²) in [5, 5.41) is 26.3. The Labute approximate surface area is 306 Å². The maximum atomic E-state index is 12.6. The van der Waals surface area contributed by atoms with Crippen molar-refractivity contribution in [1.29, 1.82) is 0 Å². The van der Waals surface area contributed by atoms with E-state index in [0.717, 1.165) is 17.2 Å². The molecule has 1 aliphatic heterocycles. The molecule has 25 nitrogen and oxygen atoms in total. The molecule has 0 spiro atoms. The van der Waals surface area contributed by atoms with Crippen molar-refractivity contribution in [2.45, 2.75) is 64.3 Å². The van der Waals surface area contributed by atoms with E-state index in [0.29, 0.717) is 6.42 Å². The highest BCUT2D eigenvalue weighted by Gasteiger charge is 2.50. The van der Waals surface area contributed by atoms with Gasteiger partial charge in [-0.15, -0.1) is 0 Å². The summed E-state index contributed by atoms with van der Waals surface area (Å²) in [5.74, 6) is -1.99. The number of nitrogens with zero attached hydrogens (tertiary/aromatic N) is 4. The van der Waals surface area contributed by atoms with E-state index in [4.69, 9.17) is 24.3 Å². The number of anilines is 1. The Hall–Kier alpha value is -3.25. The molecule has 28 heteroatoms. The van der Waals surface area contributed by atoms with Crippen LogP contribution in [-0.4, -0.2) is 124 Å². The first kappa shape index (κ1) is 45.1. The number of aromatic nitrogens is 4. The van der Waals surface area contributed by atoms with Gasteiger partial charge in [0.25, 0.3) is 0 Å². The number of phosphoric acid groups is 3. The first-order valence-corrected chi connectivity index (χ1v) is 20.3. The summed E-state index contributed by atoms with van der Waals surface area (Å²) in [4.78, 5) is 86.6. The maximum Gasteiger partial charge on any atom is 0.481 e. The van der Waals surface area contributed by atoms with Crippen molar-refractivity contribution in [3.8, 4) is 0 Å². The molecule has 0 bridgehead atoms. The third kappa shape index (κ3) is 13.5. The number of fused-ring (bicyclic) bond motifs is 1. The summed E-state index contributed by atoms with van der Waals surface area (Å²) in [6.07, 6.45) is -3.86. The van der Waals surface area contributed by atoms with E-state index >= 15 is 0 Å². The summed E-state index contributed by atoms with van der Waals surface area (Å²) < 4.78 is 66.7. The lowest BCUT2D eigenvalue weighted by atomic mass is 9.87. The predicted octanol–water partition coefficient (Wildman–Crippen LogP) is -1.09. The largest absolute Gasteiger partial charge is 0.481 e. The minimum atomic E-state index is -5.57. The van der Waals surface area contributed by atoms with Gasteiger partial charge in [0.15, 0.2) is 17.7 Å². The Bertz CT molecular complexity index is 1800. The lowest BCUT2D eigenvalue weighted by molar-refractivity contribution is -0.137. The Balaban J connectivity index is 1.51. The summed E-state index contributed by atoms with van der Waals surface area (Å²) in [6, 6.07) is 0. The molecule has 1 aliphatic rings. The molecular weight excluding hydrogens is 791 g/mol. The van der Waals surface area contributed by atoms with Gasteiger partial charge in [0.2, 0.25) is 11.8 Å². The summed E-state index contributed by atoms with van der Waals surface area (Å²) >= 11 is 0. The van der Waals surface area contributed by atoms with E-state index in [-0.39, 0.29) is 43.1 Å². The highest BCUT2D eigenvalue weighted by Crippen LogP contribution is 2.61. The third-order valence-electron chi connectivity index (χ3n) is 7.25. The zero-order valence-corrected chi connectivity index (χ0v) is 31.6. The zero-order chi connectivity index (χ0) is 40.5. The van der Waals surface area contributed by atoms with Gasteiger partial charge in [-0.1, -0.05) is 19.9 Å². The van der Waals surface area contributed by atoms with Gasteiger partial charge in [0, 0.05) is 31.0 Å². The van der Waals surface area contributed by atoms with Crippen LogP contribution in [0.3, 0.4) is 0 Å². The Kier molecular flexibility index (Phi) is 15.9. The van der Waals surface area contributed by atoms with E-state index in [1.54, 1.807) is 6.92 Å². The molecule has 0 aromatic carbocycles. The molecule has 3 heterocycles. The number of hydrogen-bond acceptors (Lipinski definition) is 18. The van der Waals surface area contributed by atoms with Gasteiger partial charge in [-0.2, -0.15) is 4.31 Å². The number of carbonyl (C=O) groups excluding carboxylic acids is 3. The quantitative estimate of drug-likeness (QED) is 0.0312. The normalized spacial score (nSPS) is 22.1. The van der Waals surface area contributed by atoms with Gasteiger partial charge in [-0.25, -0.2) is 33.4 Å². The Morgan fingerprint density at radius 3 is 2.43 bits per heavy atom. The van der Waals surface area contributed by atoms with Gasteiger partial charge in [0.05, 0.1) is 26.1 Å². The minimum Gasteiger partial charge on any atom is -0.463 e. The molecule has 2 amide bonds. The van der Waals surface area contributed by atoms with Crippen molar-refractivity contribution in [2.24, 2.45) is 5.41 Å². The van der Waals surface area contributed by atoms with Crippen LogP contribution in [0, 0.1) is 5.41 Å². The van der Waals surface area contributed by atoms with E-state index < -0.39 is 90.5 Å². The molecular formula is C26H42N7O18P3. The van der Waals surface area contributed by atoms with E-state index in [1.165, 1.54) is 26.0 Å². The zero-order valence-electron chi connectivity index (χ0n) is 28.9. The van der Waals surface area contributed by atoms with Crippen LogP contribution in [0.2, 0.25) is 0 Å². The second kappa shape index (κ2) is 19.1. The second-order valence-corrected chi connectivity index (χ2v) is 16.2. The van der Waals surface area contributed by atoms with Crippen molar-refractivity contribution in [3.63, 3.8) is 0 Å². The molecule has 0 aliphatic carbocycles. The van der Waals surface area contributed by atoms with Crippen LogP contribution in [0.4, 0.5) is 5.82 Å². The lowest BCUT2D eigenvalue weighted by Gasteiger charge is -2.30. The molecule has 7 atom stereocenters. The number of phosphoric ester groups is 3. The topological polar surface area (TPSA) is 373 Å². The molecule has 304 valence electrons. The van der Waals surface area contributed by atoms with Crippen molar-refractivity contribution < 1.29 is 85.2 Å². The number of nitrogen functional groups attached to an aromatic ring is 1. The monoisotopic (exact) mass is 833 g/mol. The molecule has 0 saturated carbocycles. The fourth-order valence-electron chi connectivity index (χ4n) is 4.60.